The summed E-state index contributed by atoms with van der Waals surface area (Å²) in [6.07, 6.45) is 2.03. The molecule has 0 bridgehead atoms. The summed E-state index contributed by atoms with van der Waals surface area (Å²) in [7, 11) is 0. The molecule has 1 aliphatic heterocycles. The molecular weight excluding hydrogens is 324 g/mol. The third kappa shape index (κ3) is 3.94. The van der Waals surface area contributed by atoms with E-state index < -0.39 is 0 Å². The first-order chi connectivity index (χ1) is 11.7. The van der Waals surface area contributed by atoms with Crippen molar-refractivity contribution in [2.45, 2.75) is 24.4 Å². The Balaban J connectivity index is 1.54. The van der Waals surface area contributed by atoms with Crippen LogP contribution < -0.4 is 20.1 Å². The van der Waals surface area contributed by atoms with Gasteiger partial charge in [-0.15, -0.1) is 11.8 Å². The molecule has 1 aliphatic rings. The summed E-state index contributed by atoms with van der Waals surface area (Å²) < 4.78 is 10.6. The Bertz CT molecular complexity index is 736. The van der Waals surface area contributed by atoms with Gasteiger partial charge in [0.1, 0.15) is 6.04 Å². The third-order valence-corrected chi connectivity index (χ3v) is 4.48. The summed E-state index contributed by atoms with van der Waals surface area (Å²) in [5, 5.41) is 6.16. The molecule has 1 atom stereocenters. The predicted molar refractivity (Wildman–Crippen MR) is 95.7 cm³/mol. The van der Waals surface area contributed by atoms with Gasteiger partial charge in [0, 0.05) is 17.1 Å². The lowest BCUT2D eigenvalue weighted by Gasteiger charge is -2.16. The number of thioether (sulfide) groups is 1. The van der Waals surface area contributed by atoms with Gasteiger partial charge in [-0.05, 0) is 49.1 Å². The van der Waals surface area contributed by atoms with Gasteiger partial charge in [0.05, 0.1) is 0 Å². The maximum absolute atomic E-state index is 12.3. The summed E-state index contributed by atoms with van der Waals surface area (Å²) >= 11 is 1.67. The normalized spacial score (nSPS) is 13.4. The Morgan fingerprint density at radius 1 is 1.21 bits per heavy atom. The minimum absolute atomic E-state index is 0.0535. The fourth-order valence-corrected chi connectivity index (χ4v) is 2.88. The minimum atomic E-state index is -0.323. The molecule has 0 radical (unpaired) electrons. The molecule has 1 amide bonds. The molecule has 2 N–H and O–H groups in total. The van der Waals surface area contributed by atoms with E-state index in [1.807, 2.05) is 55.6 Å². The van der Waals surface area contributed by atoms with Crippen molar-refractivity contribution in [3.63, 3.8) is 0 Å². The number of rotatable bonds is 6. The van der Waals surface area contributed by atoms with Gasteiger partial charge in [-0.25, -0.2) is 0 Å². The molecule has 6 heteroatoms. The predicted octanol–water partition coefficient (Wildman–Crippen LogP) is 3.25. The van der Waals surface area contributed by atoms with Crippen LogP contribution in [0.3, 0.4) is 0 Å². The molecule has 0 unspecified atom stereocenters. The summed E-state index contributed by atoms with van der Waals surface area (Å²) in [4.78, 5) is 13.4. The van der Waals surface area contributed by atoms with Crippen LogP contribution in [-0.4, -0.2) is 25.0 Å². The average Bonchev–Trinajstić information content (AvgIpc) is 3.07. The maximum atomic E-state index is 12.3. The topological polar surface area (TPSA) is 59.6 Å². The molecule has 0 aromatic heterocycles. The van der Waals surface area contributed by atoms with E-state index in [4.69, 9.17) is 9.47 Å². The first-order valence-corrected chi connectivity index (χ1v) is 8.95. The van der Waals surface area contributed by atoms with Crippen molar-refractivity contribution in [3.05, 3.63) is 48.0 Å². The van der Waals surface area contributed by atoms with E-state index in [1.54, 1.807) is 11.8 Å². The Hall–Kier alpha value is -2.34. The van der Waals surface area contributed by atoms with Gasteiger partial charge in [-0.3, -0.25) is 4.79 Å². The van der Waals surface area contributed by atoms with Crippen molar-refractivity contribution in [1.29, 1.82) is 0 Å². The average molecular weight is 344 g/mol. The lowest BCUT2D eigenvalue weighted by atomic mass is 10.2. The lowest BCUT2D eigenvalue weighted by molar-refractivity contribution is -0.121. The van der Waals surface area contributed by atoms with Crippen LogP contribution in [0, 0.1) is 0 Å². The number of hydrogen-bond donors (Lipinski definition) is 2. The van der Waals surface area contributed by atoms with E-state index in [1.165, 1.54) is 0 Å². The summed E-state index contributed by atoms with van der Waals surface area (Å²) in [6.45, 7) is 2.55. The Morgan fingerprint density at radius 2 is 2.04 bits per heavy atom. The molecule has 0 fully saturated rings. The second-order valence-corrected chi connectivity index (χ2v) is 6.38. The van der Waals surface area contributed by atoms with Crippen LogP contribution in [0.25, 0.3) is 0 Å². The molecule has 0 saturated heterocycles. The lowest BCUT2D eigenvalue weighted by Crippen LogP contribution is -2.37. The first kappa shape index (κ1) is 16.5. The zero-order valence-corrected chi connectivity index (χ0v) is 14.5. The SMILES string of the molecule is CSc1cccc(N[C@H](C)C(=O)NCc2ccc3c(c2)OCO3)c1. The van der Waals surface area contributed by atoms with Crippen LogP contribution in [0.2, 0.25) is 0 Å². The van der Waals surface area contributed by atoms with E-state index >= 15 is 0 Å². The number of hydrogen-bond acceptors (Lipinski definition) is 5. The standard InChI is InChI=1S/C18H20N2O3S/c1-12(20-14-4-3-5-15(9-14)24-2)18(21)19-10-13-6-7-16-17(8-13)23-11-22-16/h3-9,12,20H,10-11H2,1-2H3,(H,19,21)/t12-/m1/s1. The highest BCUT2D eigenvalue weighted by Crippen LogP contribution is 2.32. The van der Waals surface area contributed by atoms with Crippen molar-refractivity contribution >= 4 is 23.4 Å². The molecule has 2 aromatic rings. The van der Waals surface area contributed by atoms with Gasteiger partial charge in [0.25, 0.3) is 0 Å². The maximum Gasteiger partial charge on any atom is 0.242 e. The molecular formula is C18H20N2O3S. The van der Waals surface area contributed by atoms with E-state index in [9.17, 15) is 4.79 Å². The zero-order chi connectivity index (χ0) is 16.9. The van der Waals surface area contributed by atoms with Crippen molar-refractivity contribution in [1.82, 2.24) is 5.32 Å². The molecule has 1 heterocycles. The van der Waals surface area contributed by atoms with Crippen LogP contribution in [0.5, 0.6) is 11.5 Å². The molecule has 0 aliphatic carbocycles. The molecule has 126 valence electrons. The van der Waals surface area contributed by atoms with Crippen molar-refractivity contribution in [2.75, 3.05) is 18.4 Å². The molecule has 2 aromatic carbocycles. The molecule has 3 rings (SSSR count). The van der Waals surface area contributed by atoms with Crippen LogP contribution in [0.4, 0.5) is 5.69 Å². The highest BCUT2D eigenvalue weighted by Gasteiger charge is 2.15. The van der Waals surface area contributed by atoms with Gasteiger partial charge >= 0.3 is 0 Å². The number of fused-ring (bicyclic) bond motifs is 1. The van der Waals surface area contributed by atoms with Crippen molar-refractivity contribution < 1.29 is 14.3 Å². The number of ether oxygens (including phenoxy) is 2. The van der Waals surface area contributed by atoms with Crippen LogP contribution in [0.15, 0.2) is 47.4 Å². The largest absolute Gasteiger partial charge is 0.454 e. The number of carbonyl (C=O) groups is 1. The number of benzene rings is 2. The van der Waals surface area contributed by atoms with Gasteiger partial charge in [-0.1, -0.05) is 12.1 Å². The molecule has 24 heavy (non-hydrogen) atoms. The Morgan fingerprint density at radius 3 is 2.88 bits per heavy atom. The fraction of sp³-hybridized carbons (Fsp3) is 0.278. The highest BCUT2D eigenvalue weighted by molar-refractivity contribution is 7.98. The van der Waals surface area contributed by atoms with Gasteiger partial charge in [0.15, 0.2) is 11.5 Å². The van der Waals surface area contributed by atoms with Crippen LogP contribution >= 0.6 is 11.8 Å². The van der Waals surface area contributed by atoms with Gasteiger partial charge in [-0.2, -0.15) is 0 Å². The summed E-state index contributed by atoms with van der Waals surface area (Å²) in [5.41, 5.74) is 1.91. The zero-order valence-electron chi connectivity index (χ0n) is 13.7. The number of nitrogens with one attached hydrogen (secondary N) is 2. The van der Waals surface area contributed by atoms with Gasteiger partial charge < -0.3 is 20.1 Å². The second-order valence-electron chi connectivity index (χ2n) is 5.50. The molecule has 0 spiro atoms. The molecule has 5 nitrogen and oxygen atoms in total. The summed E-state index contributed by atoms with van der Waals surface area (Å²) in [5.74, 6) is 1.41. The summed E-state index contributed by atoms with van der Waals surface area (Å²) in [6, 6.07) is 13.4. The fourth-order valence-electron chi connectivity index (χ4n) is 2.42. The Labute approximate surface area is 145 Å². The van der Waals surface area contributed by atoms with E-state index in [2.05, 4.69) is 10.6 Å². The van der Waals surface area contributed by atoms with E-state index in [-0.39, 0.29) is 18.7 Å². The smallest absolute Gasteiger partial charge is 0.242 e. The third-order valence-electron chi connectivity index (χ3n) is 3.75. The van der Waals surface area contributed by atoms with E-state index in [0.29, 0.717) is 6.54 Å². The van der Waals surface area contributed by atoms with E-state index in [0.717, 1.165) is 27.6 Å². The van der Waals surface area contributed by atoms with Crippen LogP contribution in [-0.2, 0) is 11.3 Å². The monoisotopic (exact) mass is 344 g/mol. The number of anilines is 1. The minimum Gasteiger partial charge on any atom is -0.454 e. The van der Waals surface area contributed by atoms with Crippen molar-refractivity contribution in [3.8, 4) is 11.5 Å². The first-order valence-electron chi connectivity index (χ1n) is 7.72. The van der Waals surface area contributed by atoms with Crippen LogP contribution in [0.1, 0.15) is 12.5 Å². The van der Waals surface area contributed by atoms with Crippen molar-refractivity contribution in [2.24, 2.45) is 0 Å². The molecule has 0 saturated carbocycles. The Kier molecular flexibility index (Phi) is 5.15. The number of amides is 1. The van der Waals surface area contributed by atoms with Gasteiger partial charge in [0.2, 0.25) is 12.7 Å². The quantitative estimate of drug-likeness (QED) is 0.788. The second kappa shape index (κ2) is 7.49. The number of carbonyl (C=O) groups excluding carboxylic acids is 1. The highest BCUT2D eigenvalue weighted by atomic mass is 32.2.